The second-order valence-electron chi connectivity index (χ2n) is 6.58. The molecule has 0 N–H and O–H groups in total. The standard InChI is InChI=1S/C20H23FN2O3/c1-13-6-7-19(22-11-13)23-8-4-5-15(23)12-26-18-10-17(21)16(9-14(18)2)20(24)25-3/h6-7,9-11,15H,4-5,8,12H2,1-3H3/t15-/m1/s1. The van der Waals surface area contributed by atoms with Gasteiger partial charge in [-0.15, -0.1) is 0 Å². The van der Waals surface area contributed by atoms with E-state index < -0.39 is 11.8 Å². The smallest absolute Gasteiger partial charge is 0.340 e. The third-order valence-corrected chi connectivity index (χ3v) is 4.67. The minimum Gasteiger partial charge on any atom is -0.491 e. The third-order valence-electron chi connectivity index (χ3n) is 4.67. The van der Waals surface area contributed by atoms with Crippen molar-refractivity contribution in [3.05, 3.63) is 53.0 Å². The molecule has 6 heteroatoms. The molecule has 1 aromatic carbocycles. The lowest BCUT2D eigenvalue weighted by Crippen LogP contribution is -2.34. The fraction of sp³-hybridized carbons (Fsp3) is 0.400. The zero-order valence-electron chi connectivity index (χ0n) is 15.3. The number of hydrogen-bond acceptors (Lipinski definition) is 5. The largest absolute Gasteiger partial charge is 0.491 e. The number of rotatable bonds is 5. The lowest BCUT2D eigenvalue weighted by Gasteiger charge is -2.26. The predicted molar refractivity (Wildman–Crippen MR) is 97.3 cm³/mol. The van der Waals surface area contributed by atoms with Gasteiger partial charge in [0, 0.05) is 18.8 Å². The van der Waals surface area contributed by atoms with Gasteiger partial charge < -0.3 is 14.4 Å². The summed E-state index contributed by atoms with van der Waals surface area (Å²) >= 11 is 0. The van der Waals surface area contributed by atoms with Gasteiger partial charge >= 0.3 is 5.97 Å². The van der Waals surface area contributed by atoms with Gasteiger partial charge in [0.1, 0.15) is 24.0 Å². The maximum Gasteiger partial charge on any atom is 0.340 e. The summed E-state index contributed by atoms with van der Waals surface area (Å²) < 4.78 is 24.6. The minimum atomic E-state index is -0.690. The van der Waals surface area contributed by atoms with Crippen LogP contribution in [0.5, 0.6) is 5.75 Å². The summed E-state index contributed by atoms with van der Waals surface area (Å²) in [6, 6.07) is 6.97. The summed E-state index contributed by atoms with van der Waals surface area (Å²) in [7, 11) is 1.23. The molecule has 26 heavy (non-hydrogen) atoms. The SMILES string of the molecule is COC(=O)c1cc(C)c(OC[C@H]2CCCN2c2ccc(C)cn2)cc1F. The van der Waals surface area contributed by atoms with Gasteiger partial charge in [-0.25, -0.2) is 14.2 Å². The van der Waals surface area contributed by atoms with Crippen LogP contribution in [0.4, 0.5) is 10.2 Å². The first kappa shape index (κ1) is 18.2. The Labute approximate surface area is 152 Å². The van der Waals surface area contributed by atoms with Gasteiger partial charge in [-0.3, -0.25) is 0 Å². The van der Waals surface area contributed by atoms with Crippen molar-refractivity contribution in [1.29, 1.82) is 0 Å². The molecule has 0 radical (unpaired) electrons. The molecule has 1 atom stereocenters. The summed E-state index contributed by atoms with van der Waals surface area (Å²) in [5.74, 6) is 0.0509. The van der Waals surface area contributed by atoms with Crippen LogP contribution in [0.1, 0.15) is 34.3 Å². The van der Waals surface area contributed by atoms with Crippen molar-refractivity contribution in [2.24, 2.45) is 0 Å². The Morgan fingerprint density at radius 1 is 1.35 bits per heavy atom. The Morgan fingerprint density at radius 3 is 2.85 bits per heavy atom. The Balaban J connectivity index is 1.71. The number of methoxy groups -OCH3 is 1. The van der Waals surface area contributed by atoms with Crippen LogP contribution in [0.25, 0.3) is 0 Å². The number of carbonyl (C=O) groups is 1. The van der Waals surface area contributed by atoms with E-state index in [1.165, 1.54) is 19.2 Å². The molecule has 1 aromatic heterocycles. The third kappa shape index (κ3) is 3.79. The number of ether oxygens (including phenoxy) is 2. The van der Waals surface area contributed by atoms with Crippen LogP contribution in [0.15, 0.2) is 30.5 Å². The monoisotopic (exact) mass is 358 g/mol. The summed E-state index contributed by atoms with van der Waals surface area (Å²) in [6.07, 6.45) is 3.92. The number of aryl methyl sites for hydroxylation is 2. The molecule has 5 nitrogen and oxygen atoms in total. The predicted octanol–water partition coefficient (Wildman–Crippen LogP) is 3.67. The van der Waals surface area contributed by atoms with Gasteiger partial charge in [0.05, 0.1) is 18.7 Å². The minimum absolute atomic E-state index is 0.0799. The highest BCUT2D eigenvalue weighted by Crippen LogP contribution is 2.27. The molecule has 3 rings (SSSR count). The van der Waals surface area contributed by atoms with Crippen molar-refractivity contribution in [2.75, 3.05) is 25.2 Å². The average molecular weight is 358 g/mol. The topological polar surface area (TPSA) is 51.7 Å². The molecule has 0 unspecified atom stereocenters. The molecule has 2 aromatic rings. The number of anilines is 1. The van der Waals surface area contributed by atoms with Crippen LogP contribution in [0.2, 0.25) is 0 Å². The number of hydrogen-bond donors (Lipinski definition) is 0. The van der Waals surface area contributed by atoms with Gasteiger partial charge in [-0.05, 0) is 49.9 Å². The van der Waals surface area contributed by atoms with Gasteiger partial charge in [0.15, 0.2) is 0 Å². The van der Waals surface area contributed by atoms with Gasteiger partial charge in [-0.2, -0.15) is 0 Å². The number of carbonyl (C=O) groups excluding carboxylic acids is 1. The van der Waals surface area contributed by atoms with Crippen molar-refractivity contribution in [2.45, 2.75) is 32.7 Å². The van der Waals surface area contributed by atoms with Gasteiger partial charge in [0.25, 0.3) is 0 Å². The van der Waals surface area contributed by atoms with E-state index in [1.54, 1.807) is 6.92 Å². The molecule has 1 aliphatic heterocycles. The second-order valence-corrected chi connectivity index (χ2v) is 6.58. The van der Waals surface area contributed by atoms with E-state index >= 15 is 0 Å². The maximum absolute atomic E-state index is 14.1. The van der Waals surface area contributed by atoms with Crippen molar-refractivity contribution >= 4 is 11.8 Å². The quantitative estimate of drug-likeness (QED) is 0.764. The number of nitrogens with zero attached hydrogens (tertiary/aromatic N) is 2. The molecule has 1 fully saturated rings. The fourth-order valence-electron chi connectivity index (χ4n) is 3.21. The molecule has 1 saturated heterocycles. The molecule has 0 aliphatic carbocycles. The van der Waals surface area contributed by atoms with Crippen LogP contribution in [-0.2, 0) is 4.74 Å². The fourth-order valence-corrected chi connectivity index (χ4v) is 3.21. The number of aromatic nitrogens is 1. The highest BCUT2D eigenvalue weighted by molar-refractivity contribution is 5.90. The molecule has 0 amide bonds. The van der Waals surface area contributed by atoms with E-state index in [4.69, 9.17) is 4.74 Å². The molecule has 0 spiro atoms. The Bertz CT molecular complexity index is 792. The molecule has 0 saturated carbocycles. The lowest BCUT2D eigenvalue weighted by molar-refractivity contribution is 0.0595. The molecular weight excluding hydrogens is 335 g/mol. The molecule has 138 valence electrons. The van der Waals surface area contributed by atoms with Crippen molar-refractivity contribution in [3.8, 4) is 5.75 Å². The summed E-state index contributed by atoms with van der Waals surface area (Å²) in [6.45, 7) is 5.16. The van der Waals surface area contributed by atoms with E-state index in [9.17, 15) is 9.18 Å². The van der Waals surface area contributed by atoms with E-state index in [1.807, 2.05) is 25.3 Å². The molecule has 1 aliphatic rings. The van der Waals surface area contributed by atoms with E-state index in [-0.39, 0.29) is 11.6 Å². The lowest BCUT2D eigenvalue weighted by atomic mass is 10.1. The normalized spacial score (nSPS) is 16.6. The summed E-state index contributed by atoms with van der Waals surface area (Å²) in [5, 5.41) is 0. The van der Waals surface area contributed by atoms with Crippen LogP contribution < -0.4 is 9.64 Å². The van der Waals surface area contributed by atoms with Crippen LogP contribution in [0, 0.1) is 19.7 Å². The number of pyridine rings is 1. The first-order chi connectivity index (χ1) is 12.5. The van der Waals surface area contributed by atoms with Crippen molar-refractivity contribution in [3.63, 3.8) is 0 Å². The van der Waals surface area contributed by atoms with Crippen LogP contribution >= 0.6 is 0 Å². The Kier molecular flexibility index (Phi) is 5.40. The highest BCUT2D eigenvalue weighted by Gasteiger charge is 2.26. The Morgan fingerprint density at radius 2 is 2.15 bits per heavy atom. The first-order valence-electron chi connectivity index (χ1n) is 8.70. The Hall–Kier alpha value is -2.63. The van der Waals surface area contributed by atoms with E-state index in [0.717, 1.165) is 30.8 Å². The number of halogens is 1. The highest BCUT2D eigenvalue weighted by atomic mass is 19.1. The first-order valence-corrected chi connectivity index (χ1v) is 8.70. The average Bonchev–Trinajstić information content (AvgIpc) is 3.10. The van der Waals surface area contributed by atoms with Crippen molar-refractivity contribution in [1.82, 2.24) is 4.98 Å². The zero-order valence-corrected chi connectivity index (χ0v) is 15.3. The number of esters is 1. The van der Waals surface area contributed by atoms with Crippen LogP contribution in [0.3, 0.4) is 0 Å². The van der Waals surface area contributed by atoms with E-state index in [2.05, 4.69) is 14.6 Å². The number of benzene rings is 1. The van der Waals surface area contributed by atoms with Crippen molar-refractivity contribution < 1.29 is 18.7 Å². The van der Waals surface area contributed by atoms with Crippen LogP contribution in [-0.4, -0.2) is 37.3 Å². The summed E-state index contributed by atoms with van der Waals surface area (Å²) in [5.41, 5.74) is 1.74. The van der Waals surface area contributed by atoms with E-state index in [0.29, 0.717) is 17.9 Å². The maximum atomic E-state index is 14.1. The van der Waals surface area contributed by atoms with Gasteiger partial charge in [-0.1, -0.05) is 6.07 Å². The zero-order chi connectivity index (χ0) is 18.7. The molecular formula is C20H23FN2O3. The molecule has 0 bridgehead atoms. The summed E-state index contributed by atoms with van der Waals surface area (Å²) in [4.78, 5) is 18.3. The van der Waals surface area contributed by atoms with Gasteiger partial charge in [0.2, 0.25) is 0 Å². The molecule has 2 heterocycles. The second kappa shape index (κ2) is 7.72.